The number of nitrogens with one attached hydrogen (secondary N) is 3. The Morgan fingerprint density at radius 3 is 1.38 bits per heavy atom. The van der Waals surface area contributed by atoms with Crippen molar-refractivity contribution in [1.29, 1.82) is 0 Å². The number of rotatable bonds is 23. The van der Waals surface area contributed by atoms with Gasteiger partial charge < -0.3 is 36.3 Å². The summed E-state index contributed by atoms with van der Waals surface area (Å²) in [5.41, 5.74) is 15.2. The molecule has 56 heavy (non-hydrogen) atoms. The van der Waals surface area contributed by atoms with E-state index in [9.17, 15) is 19.2 Å². The summed E-state index contributed by atoms with van der Waals surface area (Å²) < 4.78 is 13.9. The highest BCUT2D eigenvalue weighted by molar-refractivity contribution is 6.78. The van der Waals surface area contributed by atoms with Crippen LogP contribution >= 0.6 is 0 Å². The zero-order valence-corrected chi connectivity index (χ0v) is 38.3. The molecule has 0 saturated heterocycles. The molecular weight excluding hydrogens is 739 g/mol. The van der Waals surface area contributed by atoms with E-state index in [1.165, 1.54) is 0 Å². The topological polar surface area (TPSA) is 175 Å². The standard InChI is InChI=1S/C43H73N5O6Si2/c1-27(2)55(28(3)4,29(5)6)53-26-38(42(51)46-37(40(45)49)25-35-22-18-15-19-23-35)47-43(52)39(33(13)54-56(30(7)8,31(9)10)32(11)12)48-41(50)36(44)24-34-20-16-14-17-21-34/h14-23,27-33,36-39H,24-26,44H2,1-13H3,(H2,45,49)(H,46,51)(H,47,52)(H,48,50)/t33-,36+,37+,38+,39+/m1/s1. The third-order valence-electron chi connectivity index (χ3n) is 11.6. The molecule has 314 valence electrons. The molecule has 2 aromatic rings. The maximum atomic E-state index is 14.7. The van der Waals surface area contributed by atoms with Crippen LogP contribution in [0.3, 0.4) is 0 Å². The Hall–Kier alpha value is -3.37. The predicted molar refractivity (Wildman–Crippen MR) is 232 cm³/mol. The van der Waals surface area contributed by atoms with Gasteiger partial charge in [0.15, 0.2) is 8.32 Å². The molecule has 0 aliphatic heterocycles. The smallest absolute Gasteiger partial charge is 0.245 e. The van der Waals surface area contributed by atoms with Crippen LogP contribution in [0.4, 0.5) is 0 Å². The minimum Gasteiger partial charge on any atom is -0.413 e. The number of amides is 4. The second kappa shape index (κ2) is 22.0. The van der Waals surface area contributed by atoms with Gasteiger partial charge in [0.2, 0.25) is 31.9 Å². The first kappa shape index (κ1) is 48.8. The van der Waals surface area contributed by atoms with E-state index in [0.717, 1.165) is 11.1 Å². The van der Waals surface area contributed by atoms with E-state index in [1.807, 2.05) is 60.7 Å². The highest BCUT2D eigenvalue weighted by atomic mass is 28.4. The summed E-state index contributed by atoms with van der Waals surface area (Å²) in [6.07, 6.45) is -0.348. The third kappa shape index (κ3) is 12.6. The Morgan fingerprint density at radius 2 is 0.964 bits per heavy atom. The normalized spacial score (nSPS) is 15.2. The molecule has 0 aliphatic carbocycles. The summed E-state index contributed by atoms with van der Waals surface area (Å²) >= 11 is 0. The number of carbonyl (C=O) groups excluding carboxylic acids is 4. The van der Waals surface area contributed by atoms with Crippen LogP contribution in [0, 0.1) is 0 Å². The van der Waals surface area contributed by atoms with Crippen LogP contribution in [0.25, 0.3) is 0 Å². The minimum atomic E-state index is -2.56. The van der Waals surface area contributed by atoms with Crippen LogP contribution in [0.15, 0.2) is 60.7 Å². The molecule has 0 bridgehead atoms. The molecule has 13 heteroatoms. The Morgan fingerprint density at radius 1 is 0.554 bits per heavy atom. The van der Waals surface area contributed by atoms with Gasteiger partial charge in [-0.05, 0) is 57.7 Å². The first-order valence-corrected chi connectivity index (χ1v) is 24.7. The predicted octanol–water partition coefficient (Wildman–Crippen LogP) is 6.51. The molecule has 0 aliphatic rings. The lowest BCUT2D eigenvalue weighted by atomic mass is 10.0. The lowest BCUT2D eigenvalue weighted by molar-refractivity contribution is -0.135. The fourth-order valence-corrected chi connectivity index (χ4v) is 20.0. The Bertz CT molecular complexity index is 1500. The fraction of sp³-hybridized carbons (Fsp3) is 0.628. The Kier molecular flexibility index (Phi) is 19.1. The van der Waals surface area contributed by atoms with E-state index in [-0.39, 0.29) is 52.7 Å². The molecule has 5 atom stereocenters. The van der Waals surface area contributed by atoms with Crippen molar-refractivity contribution in [2.75, 3.05) is 6.61 Å². The van der Waals surface area contributed by atoms with Gasteiger partial charge in [-0.25, -0.2) is 0 Å². The molecule has 2 rings (SSSR count). The number of primary amides is 1. The van der Waals surface area contributed by atoms with Gasteiger partial charge in [0.05, 0.1) is 18.8 Å². The molecule has 11 nitrogen and oxygen atoms in total. The van der Waals surface area contributed by atoms with Crippen molar-refractivity contribution < 1.29 is 28.0 Å². The first-order chi connectivity index (χ1) is 26.1. The van der Waals surface area contributed by atoms with Crippen molar-refractivity contribution in [2.24, 2.45) is 11.5 Å². The number of hydrogen-bond donors (Lipinski definition) is 5. The van der Waals surface area contributed by atoms with Gasteiger partial charge in [0, 0.05) is 6.42 Å². The van der Waals surface area contributed by atoms with E-state index in [1.54, 1.807) is 6.92 Å². The van der Waals surface area contributed by atoms with Gasteiger partial charge in [-0.1, -0.05) is 144 Å². The second-order valence-electron chi connectivity index (χ2n) is 17.3. The van der Waals surface area contributed by atoms with E-state index >= 15 is 0 Å². The number of nitrogens with two attached hydrogens (primary N) is 2. The van der Waals surface area contributed by atoms with Gasteiger partial charge >= 0.3 is 0 Å². The summed E-state index contributed by atoms with van der Waals surface area (Å²) in [4.78, 5) is 55.5. The van der Waals surface area contributed by atoms with Gasteiger partial charge in [0.25, 0.3) is 0 Å². The fourth-order valence-electron chi connectivity index (χ4n) is 8.93. The molecule has 0 fully saturated rings. The van der Waals surface area contributed by atoms with Crippen LogP contribution in [0.5, 0.6) is 0 Å². The van der Waals surface area contributed by atoms with Crippen molar-refractivity contribution >= 4 is 40.3 Å². The summed E-state index contributed by atoms with van der Waals surface area (Å²) in [5.74, 6) is -2.47. The van der Waals surface area contributed by atoms with Crippen LogP contribution in [0.2, 0.25) is 33.2 Å². The average molecular weight is 812 g/mol. The average Bonchev–Trinajstić information content (AvgIpc) is 3.11. The van der Waals surface area contributed by atoms with Crippen molar-refractivity contribution in [2.45, 2.75) is 166 Å². The third-order valence-corrected chi connectivity index (χ3v) is 23.8. The summed E-state index contributed by atoms with van der Waals surface area (Å²) in [6, 6.07) is 14.3. The zero-order chi connectivity index (χ0) is 42.5. The highest BCUT2D eigenvalue weighted by Crippen LogP contribution is 2.44. The van der Waals surface area contributed by atoms with Crippen LogP contribution in [0.1, 0.15) is 101 Å². The van der Waals surface area contributed by atoms with Gasteiger partial charge in [-0.3, -0.25) is 19.2 Å². The molecule has 0 saturated carbocycles. The van der Waals surface area contributed by atoms with Gasteiger partial charge in [-0.2, -0.15) is 0 Å². The Balaban J connectivity index is 2.62. The molecule has 0 unspecified atom stereocenters. The molecule has 0 spiro atoms. The van der Waals surface area contributed by atoms with Crippen molar-refractivity contribution in [3.8, 4) is 0 Å². The maximum Gasteiger partial charge on any atom is 0.245 e. The van der Waals surface area contributed by atoms with E-state index in [2.05, 4.69) is 99.0 Å². The molecule has 7 N–H and O–H groups in total. The molecule has 2 aromatic carbocycles. The molecule has 4 amide bonds. The van der Waals surface area contributed by atoms with Crippen LogP contribution in [-0.2, 0) is 40.9 Å². The van der Waals surface area contributed by atoms with Crippen molar-refractivity contribution in [3.05, 3.63) is 71.8 Å². The van der Waals surface area contributed by atoms with Gasteiger partial charge in [0.1, 0.15) is 18.1 Å². The number of benzene rings is 2. The Labute approximate surface area is 339 Å². The SMILES string of the molecule is CC(C)[Si](OC[C@H](NC(=O)[C@@H](NC(=O)[C@@H](N)Cc1ccccc1)[C@@H](C)O[Si](C(C)C)(C(C)C)C(C)C)C(=O)N[C@@H](Cc1ccccc1)C(N)=O)(C(C)C)C(C)C. The van der Waals surface area contributed by atoms with E-state index in [0.29, 0.717) is 0 Å². The first-order valence-electron chi connectivity index (χ1n) is 20.5. The van der Waals surface area contributed by atoms with Crippen molar-refractivity contribution in [1.82, 2.24) is 16.0 Å². The van der Waals surface area contributed by atoms with Crippen LogP contribution in [-0.4, -0.2) is 77.1 Å². The monoisotopic (exact) mass is 812 g/mol. The maximum absolute atomic E-state index is 14.7. The summed E-state index contributed by atoms with van der Waals surface area (Å²) in [5, 5.41) is 8.67. The zero-order valence-electron chi connectivity index (χ0n) is 36.3. The molecular formula is C43H73N5O6Si2. The lowest BCUT2D eigenvalue weighted by Gasteiger charge is -2.45. The number of hydrogen-bond acceptors (Lipinski definition) is 7. The highest BCUT2D eigenvalue weighted by Gasteiger charge is 2.49. The quantitative estimate of drug-likeness (QED) is 0.0796. The summed E-state index contributed by atoms with van der Waals surface area (Å²) in [7, 11) is -5.10. The second-order valence-corrected chi connectivity index (χ2v) is 28.1. The molecule has 0 radical (unpaired) electrons. The van der Waals surface area contributed by atoms with Gasteiger partial charge in [-0.15, -0.1) is 0 Å². The van der Waals surface area contributed by atoms with E-state index in [4.69, 9.17) is 20.3 Å². The van der Waals surface area contributed by atoms with Crippen molar-refractivity contribution in [3.63, 3.8) is 0 Å². The molecule has 0 heterocycles. The largest absolute Gasteiger partial charge is 0.413 e. The van der Waals surface area contributed by atoms with E-state index < -0.39 is 70.5 Å². The molecule has 0 aromatic heterocycles. The van der Waals surface area contributed by atoms with Crippen LogP contribution < -0.4 is 27.4 Å². The lowest BCUT2D eigenvalue weighted by Crippen LogP contribution is -2.63. The summed E-state index contributed by atoms with van der Waals surface area (Å²) in [6.45, 7) is 27.4. The minimum absolute atomic E-state index is 0.138. The number of carbonyl (C=O) groups is 4.